The topological polar surface area (TPSA) is 63.2 Å². The molecule has 0 aliphatic carbocycles. The molecule has 0 bridgehead atoms. The van der Waals surface area contributed by atoms with Gasteiger partial charge in [0, 0.05) is 17.5 Å². The zero-order chi connectivity index (χ0) is 16.9. The van der Waals surface area contributed by atoms with E-state index in [9.17, 15) is 4.79 Å². The predicted octanol–water partition coefficient (Wildman–Crippen LogP) is 3.48. The molecule has 2 heterocycles. The van der Waals surface area contributed by atoms with Gasteiger partial charge in [0.05, 0.1) is 18.3 Å². The summed E-state index contributed by atoms with van der Waals surface area (Å²) >= 11 is 1.63. The van der Waals surface area contributed by atoms with E-state index in [1.54, 1.807) is 11.3 Å². The van der Waals surface area contributed by atoms with Gasteiger partial charge in [-0.1, -0.05) is 30.3 Å². The van der Waals surface area contributed by atoms with Gasteiger partial charge in [0.25, 0.3) is 0 Å². The second-order valence-electron chi connectivity index (χ2n) is 6.07. The summed E-state index contributed by atoms with van der Waals surface area (Å²) in [5.41, 5.74) is 2.20. The van der Waals surface area contributed by atoms with Crippen LogP contribution in [-0.2, 0) is 11.3 Å². The third-order valence-electron chi connectivity index (χ3n) is 4.26. The van der Waals surface area contributed by atoms with E-state index in [1.165, 1.54) is 4.88 Å². The molecule has 1 aromatic heterocycles. The number of aryl methyl sites for hydroxylation is 2. The van der Waals surface area contributed by atoms with Crippen LogP contribution in [0.25, 0.3) is 0 Å². The van der Waals surface area contributed by atoms with Crippen LogP contribution < -0.4 is 10.6 Å². The molecule has 0 spiro atoms. The first-order valence-electron chi connectivity index (χ1n) is 8.25. The highest BCUT2D eigenvalue weighted by Gasteiger charge is 2.24. The van der Waals surface area contributed by atoms with Crippen molar-refractivity contribution in [3.63, 3.8) is 0 Å². The Kier molecular flexibility index (Phi) is 5.48. The number of nitrogens with one attached hydrogen (secondary N) is 2. The summed E-state index contributed by atoms with van der Waals surface area (Å²) in [7, 11) is 0. The maximum atomic E-state index is 12.1. The molecule has 6 heteroatoms. The first-order chi connectivity index (χ1) is 11.6. The minimum Gasteiger partial charge on any atom is -0.373 e. The Balaban J connectivity index is 1.49. The number of rotatable bonds is 4. The third kappa shape index (κ3) is 4.33. The van der Waals surface area contributed by atoms with Crippen molar-refractivity contribution in [1.82, 2.24) is 15.6 Å². The third-order valence-corrected chi connectivity index (χ3v) is 5.34. The maximum absolute atomic E-state index is 12.1. The molecule has 1 saturated heterocycles. The minimum absolute atomic E-state index is 0.0505. The molecule has 24 heavy (non-hydrogen) atoms. The van der Waals surface area contributed by atoms with Crippen molar-refractivity contribution >= 4 is 17.4 Å². The minimum atomic E-state index is -0.140. The Labute approximate surface area is 146 Å². The number of urea groups is 1. The summed E-state index contributed by atoms with van der Waals surface area (Å²) in [6.07, 6.45) is 1.69. The van der Waals surface area contributed by atoms with E-state index in [1.807, 2.05) is 32.0 Å². The van der Waals surface area contributed by atoms with E-state index in [0.29, 0.717) is 13.2 Å². The number of nitrogens with zero attached hydrogens (tertiary/aromatic N) is 1. The van der Waals surface area contributed by atoms with Crippen molar-refractivity contribution in [1.29, 1.82) is 0 Å². The molecule has 2 N–H and O–H groups in total. The zero-order valence-corrected chi connectivity index (χ0v) is 14.9. The van der Waals surface area contributed by atoms with E-state index in [0.717, 1.165) is 29.1 Å². The summed E-state index contributed by atoms with van der Waals surface area (Å²) in [5.74, 6) is 0. The fourth-order valence-corrected chi connectivity index (χ4v) is 3.71. The highest BCUT2D eigenvalue weighted by Crippen LogP contribution is 2.27. The Morgan fingerprint density at radius 2 is 2.12 bits per heavy atom. The number of thiazole rings is 1. The van der Waals surface area contributed by atoms with Gasteiger partial charge in [-0.15, -0.1) is 11.3 Å². The average molecular weight is 345 g/mol. The molecule has 0 unspecified atom stereocenters. The van der Waals surface area contributed by atoms with Gasteiger partial charge in [0.2, 0.25) is 0 Å². The monoisotopic (exact) mass is 345 g/mol. The Hall–Kier alpha value is -1.92. The maximum Gasteiger partial charge on any atom is 0.315 e. The van der Waals surface area contributed by atoms with E-state index in [2.05, 4.69) is 27.8 Å². The molecule has 1 aliphatic heterocycles. The fourth-order valence-electron chi connectivity index (χ4n) is 2.84. The molecule has 0 saturated carbocycles. The standard InChI is InChI=1S/C18H23N3O2S/c1-12-13(2)24-17(20-12)11-19-18(22)21-15-8-9-23-16(10-15)14-6-4-3-5-7-14/h3-7,15-16H,8-11H2,1-2H3,(H2,19,21,22)/t15-,16-/m1/s1. The van der Waals surface area contributed by atoms with Gasteiger partial charge in [-0.2, -0.15) is 0 Å². The summed E-state index contributed by atoms with van der Waals surface area (Å²) in [4.78, 5) is 17.8. The molecule has 3 rings (SSSR count). The van der Waals surface area contributed by atoms with Gasteiger partial charge >= 0.3 is 6.03 Å². The van der Waals surface area contributed by atoms with Crippen molar-refractivity contribution in [3.05, 3.63) is 51.5 Å². The number of benzene rings is 1. The molecule has 2 aromatic rings. The predicted molar refractivity (Wildman–Crippen MR) is 95.1 cm³/mol. The second-order valence-corrected chi connectivity index (χ2v) is 7.36. The van der Waals surface area contributed by atoms with Crippen LogP contribution in [0.4, 0.5) is 4.79 Å². The Bertz CT molecular complexity index is 667. The van der Waals surface area contributed by atoms with Gasteiger partial charge in [0.15, 0.2) is 0 Å². The van der Waals surface area contributed by atoms with Crippen LogP contribution in [0.1, 0.15) is 40.1 Å². The molecule has 5 nitrogen and oxygen atoms in total. The summed E-state index contributed by atoms with van der Waals surface area (Å²) in [6, 6.07) is 10.2. The lowest BCUT2D eigenvalue weighted by Crippen LogP contribution is -2.44. The van der Waals surface area contributed by atoms with Crippen LogP contribution in [0.2, 0.25) is 0 Å². The normalized spacial score (nSPS) is 20.6. The first kappa shape index (κ1) is 16.9. The summed E-state index contributed by atoms with van der Waals surface area (Å²) < 4.78 is 5.84. The second kappa shape index (κ2) is 7.77. The highest BCUT2D eigenvalue weighted by atomic mass is 32.1. The van der Waals surface area contributed by atoms with E-state index in [4.69, 9.17) is 4.74 Å². The number of aromatic nitrogens is 1. The lowest BCUT2D eigenvalue weighted by molar-refractivity contribution is 0.00225. The van der Waals surface area contributed by atoms with Gasteiger partial charge in [-0.3, -0.25) is 0 Å². The zero-order valence-electron chi connectivity index (χ0n) is 14.0. The largest absolute Gasteiger partial charge is 0.373 e. The van der Waals surface area contributed by atoms with Gasteiger partial charge < -0.3 is 15.4 Å². The average Bonchev–Trinajstić information content (AvgIpc) is 2.92. The number of hydrogen-bond acceptors (Lipinski definition) is 4. The van der Waals surface area contributed by atoms with E-state index >= 15 is 0 Å². The SMILES string of the molecule is Cc1nc(CNC(=O)N[C@@H]2CCO[C@@H](c3ccccc3)C2)sc1C. The van der Waals surface area contributed by atoms with Crippen molar-refractivity contribution < 1.29 is 9.53 Å². The van der Waals surface area contributed by atoms with Crippen LogP contribution in [0.15, 0.2) is 30.3 Å². The van der Waals surface area contributed by atoms with Crippen molar-refractivity contribution in [2.45, 2.75) is 45.4 Å². The van der Waals surface area contributed by atoms with Crippen LogP contribution >= 0.6 is 11.3 Å². The number of ether oxygens (including phenoxy) is 1. The molecule has 2 atom stereocenters. The Morgan fingerprint density at radius 1 is 1.33 bits per heavy atom. The van der Waals surface area contributed by atoms with Gasteiger partial charge in [-0.25, -0.2) is 9.78 Å². The smallest absolute Gasteiger partial charge is 0.315 e. The Morgan fingerprint density at radius 3 is 2.83 bits per heavy atom. The quantitative estimate of drug-likeness (QED) is 0.892. The van der Waals surface area contributed by atoms with Crippen LogP contribution in [0.3, 0.4) is 0 Å². The lowest BCUT2D eigenvalue weighted by atomic mass is 9.97. The molecule has 2 amide bonds. The molecular formula is C18H23N3O2S. The van der Waals surface area contributed by atoms with Crippen LogP contribution in [0, 0.1) is 13.8 Å². The van der Waals surface area contributed by atoms with Crippen molar-refractivity contribution in [2.24, 2.45) is 0 Å². The number of carbonyl (C=O) groups is 1. The summed E-state index contributed by atoms with van der Waals surface area (Å²) in [5, 5.41) is 6.89. The van der Waals surface area contributed by atoms with Gasteiger partial charge in [-0.05, 0) is 32.3 Å². The van der Waals surface area contributed by atoms with Crippen LogP contribution in [-0.4, -0.2) is 23.7 Å². The summed E-state index contributed by atoms with van der Waals surface area (Å²) in [6.45, 7) is 5.16. The lowest BCUT2D eigenvalue weighted by Gasteiger charge is -2.30. The molecule has 1 fully saturated rings. The molecular weight excluding hydrogens is 322 g/mol. The van der Waals surface area contributed by atoms with Gasteiger partial charge in [0.1, 0.15) is 5.01 Å². The molecule has 1 aromatic carbocycles. The molecule has 0 radical (unpaired) electrons. The number of carbonyl (C=O) groups excluding carboxylic acids is 1. The fraction of sp³-hybridized carbons (Fsp3) is 0.444. The van der Waals surface area contributed by atoms with E-state index < -0.39 is 0 Å². The number of amides is 2. The van der Waals surface area contributed by atoms with E-state index in [-0.39, 0.29) is 18.2 Å². The number of hydrogen-bond donors (Lipinski definition) is 2. The molecule has 128 valence electrons. The van der Waals surface area contributed by atoms with Crippen molar-refractivity contribution in [3.8, 4) is 0 Å². The van der Waals surface area contributed by atoms with Crippen LogP contribution in [0.5, 0.6) is 0 Å². The first-order valence-corrected chi connectivity index (χ1v) is 9.07. The molecule has 1 aliphatic rings. The van der Waals surface area contributed by atoms with Crippen molar-refractivity contribution in [2.75, 3.05) is 6.61 Å². The highest BCUT2D eigenvalue weighted by molar-refractivity contribution is 7.11.